The number of nitro benzene ring substituents is 1. The summed E-state index contributed by atoms with van der Waals surface area (Å²) >= 11 is 11.9. The lowest BCUT2D eigenvalue weighted by Crippen LogP contribution is -2.18. The smallest absolute Gasteiger partial charge is 0.271 e. The van der Waals surface area contributed by atoms with E-state index in [-0.39, 0.29) is 11.7 Å². The van der Waals surface area contributed by atoms with Gasteiger partial charge in [0, 0.05) is 23.2 Å². The van der Waals surface area contributed by atoms with E-state index < -0.39 is 4.92 Å². The van der Waals surface area contributed by atoms with Crippen molar-refractivity contribution in [3.63, 3.8) is 0 Å². The first-order valence-electron chi connectivity index (χ1n) is 6.40. The molecule has 0 fully saturated rings. The van der Waals surface area contributed by atoms with Crippen molar-refractivity contribution >= 4 is 34.6 Å². The lowest BCUT2D eigenvalue weighted by Gasteiger charge is -2.16. The zero-order valence-electron chi connectivity index (χ0n) is 11.3. The largest absolute Gasteiger partial charge is 0.381 e. The van der Waals surface area contributed by atoms with Crippen LogP contribution in [-0.4, -0.2) is 11.0 Å². The van der Waals surface area contributed by atoms with Gasteiger partial charge in [0.1, 0.15) is 0 Å². The molecule has 0 aliphatic carbocycles. The molecular weight excluding hydrogens is 311 g/mol. The van der Waals surface area contributed by atoms with Crippen LogP contribution in [0.1, 0.15) is 12.5 Å². The zero-order chi connectivity index (χ0) is 15.4. The fraction of sp³-hybridized carbons (Fsp3) is 0.200. The predicted molar refractivity (Wildman–Crippen MR) is 86.3 cm³/mol. The number of nitrogens with zero attached hydrogens (tertiary/aromatic N) is 1. The van der Waals surface area contributed by atoms with Crippen LogP contribution in [0, 0.1) is 10.1 Å². The molecule has 0 radical (unpaired) electrons. The van der Waals surface area contributed by atoms with E-state index in [4.69, 9.17) is 23.2 Å². The lowest BCUT2D eigenvalue weighted by atomic mass is 10.1. The third kappa shape index (κ3) is 4.34. The summed E-state index contributed by atoms with van der Waals surface area (Å²) in [6, 6.07) is 12.2. The molecule has 1 unspecified atom stereocenters. The Morgan fingerprint density at radius 3 is 2.43 bits per heavy atom. The Morgan fingerprint density at radius 2 is 1.86 bits per heavy atom. The standard InChI is InChI=1S/C15H14Cl2N2O2/c1-10(8-11-2-4-12(16)5-3-11)18-15-7-6-13(19(20)21)9-14(15)17/h2-7,9-10,18H,8H2,1H3. The molecule has 0 spiro atoms. The molecule has 4 nitrogen and oxygen atoms in total. The molecule has 21 heavy (non-hydrogen) atoms. The number of hydrogen-bond acceptors (Lipinski definition) is 3. The molecule has 0 amide bonds. The van der Waals surface area contributed by atoms with Crippen LogP contribution < -0.4 is 5.32 Å². The van der Waals surface area contributed by atoms with Crippen LogP contribution in [0.25, 0.3) is 0 Å². The van der Waals surface area contributed by atoms with E-state index in [9.17, 15) is 10.1 Å². The molecular formula is C15H14Cl2N2O2. The maximum atomic E-state index is 10.7. The van der Waals surface area contributed by atoms with E-state index >= 15 is 0 Å². The molecule has 0 heterocycles. The highest BCUT2D eigenvalue weighted by molar-refractivity contribution is 6.33. The van der Waals surface area contributed by atoms with Crippen LogP contribution in [0.4, 0.5) is 11.4 Å². The Kier molecular flexibility index (Phi) is 5.04. The van der Waals surface area contributed by atoms with Crippen molar-refractivity contribution in [3.05, 3.63) is 68.2 Å². The molecule has 2 aromatic rings. The van der Waals surface area contributed by atoms with Gasteiger partial charge in [-0.05, 0) is 37.1 Å². The Morgan fingerprint density at radius 1 is 1.19 bits per heavy atom. The summed E-state index contributed by atoms with van der Waals surface area (Å²) in [6.07, 6.45) is 0.796. The van der Waals surface area contributed by atoms with E-state index in [1.165, 1.54) is 12.1 Å². The first-order chi connectivity index (χ1) is 9.95. The SMILES string of the molecule is CC(Cc1ccc(Cl)cc1)Nc1ccc([N+](=O)[O-])cc1Cl. The van der Waals surface area contributed by atoms with Gasteiger partial charge in [0.15, 0.2) is 0 Å². The maximum absolute atomic E-state index is 10.7. The molecule has 0 aromatic heterocycles. The van der Waals surface area contributed by atoms with Gasteiger partial charge in [-0.1, -0.05) is 35.3 Å². The summed E-state index contributed by atoms with van der Waals surface area (Å²) in [4.78, 5) is 10.2. The number of hydrogen-bond donors (Lipinski definition) is 1. The van der Waals surface area contributed by atoms with E-state index in [0.29, 0.717) is 15.7 Å². The first kappa shape index (κ1) is 15.6. The van der Waals surface area contributed by atoms with Gasteiger partial charge in [-0.3, -0.25) is 10.1 Å². The first-order valence-corrected chi connectivity index (χ1v) is 7.16. The van der Waals surface area contributed by atoms with E-state index in [0.717, 1.165) is 12.0 Å². The van der Waals surface area contributed by atoms with Gasteiger partial charge < -0.3 is 5.32 Å². The fourth-order valence-electron chi connectivity index (χ4n) is 2.03. The van der Waals surface area contributed by atoms with Crippen molar-refractivity contribution in [3.8, 4) is 0 Å². The highest BCUT2D eigenvalue weighted by atomic mass is 35.5. The van der Waals surface area contributed by atoms with Gasteiger partial charge in [0.25, 0.3) is 5.69 Å². The van der Waals surface area contributed by atoms with Crippen LogP contribution >= 0.6 is 23.2 Å². The topological polar surface area (TPSA) is 55.2 Å². The summed E-state index contributed by atoms with van der Waals surface area (Å²) in [7, 11) is 0. The van der Waals surface area contributed by atoms with Crippen LogP contribution in [-0.2, 0) is 6.42 Å². The fourth-order valence-corrected chi connectivity index (χ4v) is 2.38. The molecule has 110 valence electrons. The molecule has 2 rings (SSSR count). The van der Waals surface area contributed by atoms with Crippen molar-refractivity contribution in [2.24, 2.45) is 0 Å². The van der Waals surface area contributed by atoms with Crippen molar-refractivity contribution in [1.29, 1.82) is 0 Å². The van der Waals surface area contributed by atoms with Crippen LogP contribution in [0.2, 0.25) is 10.0 Å². The summed E-state index contributed by atoms with van der Waals surface area (Å²) in [5.74, 6) is 0. The number of non-ortho nitro benzene ring substituents is 1. The molecule has 2 aromatic carbocycles. The quantitative estimate of drug-likeness (QED) is 0.625. The van der Waals surface area contributed by atoms with Gasteiger partial charge in [-0.2, -0.15) is 0 Å². The molecule has 1 atom stereocenters. The number of rotatable bonds is 5. The molecule has 6 heteroatoms. The average Bonchev–Trinajstić information content (AvgIpc) is 2.43. The second-order valence-corrected chi connectivity index (χ2v) is 5.64. The monoisotopic (exact) mass is 324 g/mol. The summed E-state index contributed by atoms with van der Waals surface area (Å²) in [5.41, 5.74) is 1.82. The van der Waals surface area contributed by atoms with Gasteiger partial charge in [0.2, 0.25) is 0 Å². The average molecular weight is 325 g/mol. The van der Waals surface area contributed by atoms with Crippen molar-refractivity contribution < 1.29 is 4.92 Å². The second kappa shape index (κ2) is 6.78. The second-order valence-electron chi connectivity index (χ2n) is 4.80. The minimum atomic E-state index is -0.465. The third-order valence-electron chi connectivity index (χ3n) is 3.02. The van der Waals surface area contributed by atoms with Crippen molar-refractivity contribution in [2.75, 3.05) is 5.32 Å². The molecule has 1 N–H and O–H groups in total. The van der Waals surface area contributed by atoms with Gasteiger partial charge >= 0.3 is 0 Å². The minimum Gasteiger partial charge on any atom is -0.381 e. The Bertz CT molecular complexity index is 645. The van der Waals surface area contributed by atoms with Crippen LogP contribution in [0.3, 0.4) is 0 Å². The van der Waals surface area contributed by atoms with Crippen molar-refractivity contribution in [2.45, 2.75) is 19.4 Å². The maximum Gasteiger partial charge on any atom is 0.271 e. The van der Waals surface area contributed by atoms with Gasteiger partial charge in [-0.25, -0.2) is 0 Å². The Balaban J connectivity index is 2.04. The molecule has 0 aliphatic heterocycles. The molecule has 0 saturated carbocycles. The summed E-state index contributed by atoms with van der Waals surface area (Å²) in [6.45, 7) is 2.02. The molecule has 0 bridgehead atoms. The van der Waals surface area contributed by atoms with Crippen LogP contribution in [0.15, 0.2) is 42.5 Å². The van der Waals surface area contributed by atoms with E-state index in [1.807, 2.05) is 31.2 Å². The third-order valence-corrected chi connectivity index (χ3v) is 3.59. The number of nitrogens with one attached hydrogen (secondary N) is 1. The van der Waals surface area contributed by atoms with E-state index in [1.54, 1.807) is 6.07 Å². The van der Waals surface area contributed by atoms with Gasteiger partial charge in [0.05, 0.1) is 15.6 Å². The number of halogens is 2. The van der Waals surface area contributed by atoms with Gasteiger partial charge in [-0.15, -0.1) is 0 Å². The lowest BCUT2D eigenvalue weighted by molar-refractivity contribution is -0.384. The Hall–Kier alpha value is -1.78. The molecule has 0 aliphatic rings. The normalized spacial score (nSPS) is 12.0. The number of benzene rings is 2. The highest BCUT2D eigenvalue weighted by Crippen LogP contribution is 2.27. The Labute approximate surface area is 132 Å². The minimum absolute atomic E-state index is 0.0177. The number of nitro groups is 1. The van der Waals surface area contributed by atoms with Crippen LogP contribution in [0.5, 0.6) is 0 Å². The summed E-state index contributed by atoms with van der Waals surface area (Å²) < 4.78 is 0. The van der Waals surface area contributed by atoms with Crippen molar-refractivity contribution in [1.82, 2.24) is 0 Å². The van der Waals surface area contributed by atoms with E-state index in [2.05, 4.69) is 5.32 Å². The number of anilines is 1. The predicted octanol–water partition coefficient (Wildman–Crippen LogP) is 4.94. The molecule has 0 saturated heterocycles. The zero-order valence-corrected chi connectivity index (χ0v) is 12.9. The summed E-state index contributed by atoms with van der Waals surface area (Å²) in [5, 5.41) is 15.0. The highest BCUT2D eigenvalue weighted by Gasteiger charge is 2.11.